The van der Waals surface area contributed by atoms with Crippen LogP contribution in [0.1, 0.15) is 0 Å². The maximum Gasteiger partial charge on any atom is 0.181 e. The van der Waals surface area contributed by atoms with Crippen molar-refractivity contribution in [1.82, 2.24) is 9.97 Å². The van der Waals surface area contributed by atoms with Crippen molar-refractivity contribution in [2.45, 2.75) is 0 Å². The molecule has 2 aromatic heterocycles. The first-order valence-corrected chi connectivity index (χ1v) is 5.33. The van der Waals surface area contributed by atoms with Crippen LogP contribution in [0.4, 0.5) is 0 Å². The summed E-state index contributed by atoms with van der Waals surface area (Å²) in [7, 11) is 0. The molecule has 0 aliphatic rings. The molecule has 3 nitrogen and oxygen atoms in total. The molecular formula is C14H10N2O. The van der Waals surface area contributed by atoms with Gasteiger partial charge in [0.25, 0.3) is 0 Å². The van der Waals surface area contributed by atoms with Crippen LogP contribution in [0.15, 0.2) is 65.8 Å². The van der Waals surface area contributed by atoms with Gasteiger partial charge >= 0.3 is 0 Å². The Bertz CT molecular complexity index is 586. The number of rotatable bonds is 2. The second kappa shape index (κ2) is 4.22. The number of nitrogens with zero attached hydrogens (tertiary/aromatic N) is 2. The van der Waals surface area contributed by atoms with Crippen molar-refractivity contribution in [2.75, 3.05) is 0 Å². The van der Waals surface area contributed by atoms with Gasteiger partial charge in [0.05, 0.1) is 6.20 Å². The molecule has 3 heteroatoms. The van der Waals surface area contributed by atoms with Gasteiger partial charge in [-0.15, -0.1) is 0 Å². The van der Waals surface area contributed by atoms with E-state index in [0.717, 1.165) is 22.5 Å². The summed E-state index contributed by atoms with van der Waals surface area (Å²) in [4.78, 5) is 7.91. The fourth-order valence-corrected chi connectivity index (χ4v) is 1.73. The van der Waals surface area contributed by atoms with Crippen molar-refractivity contribution in [2.24, 2.45) is 0 Å². The van der Waals surface area contributed by atoms with Gasteiger partial charge in [-0.3, -0.25) is 4.98 Å². The average molecular weight is 222 g/mol. The van der Waals surface area contributed by atoms with Gasteiger partial charge in [-0.05, 0) is 23.3 Å². The van der Waals surface area contributed by atoms with Crippen LogP contribution in [0, 0.1) is 0 Å². The molecule has 0 bridgehead atoms. The van der Waals surface area contributed by atoms with Gasteiger partial charge in [-0.1, -0.05) is 24.3 Å². The van der Waals surface area contributed by atoms with Gasteiger partial charge in [-0.2, -0.15) is 0 Å². The van der Waals surface area contributed by atoms with Crippen molar-refractivity contribution in [3.63, 3.8) is 0 Å². The van der Waals surface area contributed by atoms with Crippen LogP contribution in [-0.4, -0.2) is 9.97 Å². The predicted molar refractivity (Wildman–Crippen MR) is 65.2 cm³/mol. The molecule has 17 heavy (non-hydrogen) atoms. The van der Waals surface area contributed by atoms with Crippen molar-refractivity contribution < 1.29 is 4.42 Å². The lowest BCUT2D eigenvalue weighted by Gasteiger charge is -2.01. The first-order valence-electron chi connectivity index (χ1n) is 5.33. The molecule has 1 aromatic carbocycles. The summed E-state index contributed by atoms with van der Waals surface area (Å²) in [6.07, 6.45) is 6.73. The molecule has 0 atom stereocenters. The lowest BCUT2D eigenvalue weighted by atomic mass is 10.0. The molecule has 3 aromatic rings. The number of oxazole rings is 1. The molecular weight excluding hydrogens is 212 g/mol. The summed E-state index contributed by atoms with van der Waals surface area (Å²) in [6.45, 7) is 0. The molecule has 0 saturated carbocycles. The highest BCUT2D eigenvalue weighted by molar-refractivity contribution is 5.67. The molecule has 0 spiro atoms. The van der Waals surface area contributed by atoms with Crippen molar-refractivity contribution >= 4 is 0 Å². The Labute approximate surface area is 98.8 Å². The largest absolute Gasteiger partial charge is 0.444 e. The molecule has 0 unspecified atom stereocenters. The minimum absolute atomic E-state index is 0.784. The van der Waals surface area contributed by atoms with Crippen LogP contribution in [0.2, 0.25) is 0 Å². The number of pyridine rings is 1. The molecule has 0 radical (unpaired) electrons. The third-order valence-corrected chi connectivity index (χ3v) is 2.62. The molecule has 0 N–H and O–H groups in total. The third-order valence-electron chi connectivity index (χ3n) is 2.62. The van der Waals surface area contributed by atoms with Crippen LogP contribution >= 0.6 is 0 Å². The number of benzene rings is 1. The third kappa shape index (κ3) is 1.95. The van der Waals surface area contributed by atoms with E-state index >= 15 is 0 Å². The maximum atomic E-state index is 5.24. The van der Waals surface area contributed by atoms with Crippen molar-refractivity contribution in [3.05, 3.63) is 61.4 Å². The Morgan fingerprint density at radius 3 is 2.00 bits per heavy atom. The average Bonchev–Trinajstić information content (AvgIpc) is 2.94. The topological polar surface area (TPSA) is 38.9 Å². The van der Waals surface area contributed by atoms with Gasteiger partial charge in [0.1, 0.15) is 0 Å². The summed E-state index contributed by atoms with van der Waals surface area (Å²) in [6, 6.07) is 12.2. The molecule has 3 rings (SSSR count). The Morgan fingerprint density at radius 2 is 1.35 bits per heavy atom. The van der Waals surface area contributed by atoms with E-state index in [9.17, 15) is 0 Å². The fraction of sp³-hybridized carbons (Fsp3) is 0. The van der Waals surface area contributed by atoms with E-state index in [0.29, 0.717) is 0 Å². The molecule has 0 amide bonds. The molecule has 0 saturated heterocycles. The maximum absolute atomic E-state index is 5.24. The Morgan fingerprint density at radius 1 is 0.706 bits per heavy atom. The molecule has 82 valence electrons. The van der Waals surface area contributed by atoms with E-state index < -0.39 is 0 Å². The van der Waals surface area contributed by atoms with Crippen LogP contribution in [0.25, 0.3) is 22.5 Å². The van der Waals surface area contributed by atoms with E-state index in [1.165, 1.54) is 6.39 Å². The Hall–Kier alpha value is -2.42. The lowest BCUT2D eigenvalue weighted by Crippen LogP contribution is -1.79. The first kappa shape index (κ1) is 9.78. The summed E-state index contributed by atoms with van der Waals surface area (Å²) in [5, 5.41) is 0. The zero-order valence-electron chi connectivity index (χ0n) is 9.08. The van der Waals surface area contributed by atoms with Gasteiger partial charge in [0, 0.05) is 18.0 Å². The van der Waals surface area contributed by atoms with Crippen LogP contribution < -0.4 is 0 Å². The van der Waals surface area contributed by atoms with E-state index in [4.69, 9.17) is 4.42 Å². The first-order chi connectivity index (χ1) is 8.43. The SMILES string of the molecule is c1cc(-c2ccc(-c3cnco3)cc2)ccn1. The van der Waals surface area contributed by atoms with Gasteiger partial charge in [0.15, 0.2) is 12.2 Å². The second-order valence-electron chi connectivity index (χ2n) is 3.68. The summed E-state index contributed by atoms with van der Waals surface area (Å²) < 4.78 is 5.24. The van der Waals surface area contributed by atoms with Gasteiger partial charge in [0.2, 0.25) is 0 Å². The van der Waals surface area contributed by atoms with Gasteiger partial charge < -0.3 is 4.42 Å². The monoisotopic (exact) mass is 222 g/mol. The number of aromatic nitrogens is 2. The molecule has 2 heterocycles. The lowest BCUT2D eigenvalue weighted by molar-refractivity contribution is 0.572. The summed E-state index contributed by atoms with van der Waals surface area (Å²) in [5.74, 6) is 0.784. The molecule has 0 aliphatic carbocycles. The smallest absolute Gasteiger partial charge is 0.181 e. The Kier molecular flexibility index (Phi) is 2.43. The molecule has 0 fully saturated rings. The van der Waals surface area contributed by atoms with Crippen molar-refractivity contribution in [3.8, 4) is 22.5 Å². The minimum atomic E-state index is 0.784. The molecule has 0 aliphatic heterocycles. The van der Waals surface area contributed by atoms with Crippen LogP contribution in [-0.2, 0) is 0 Å². The highest BCUT2D eigenvalue weighted by Crippen LogP contribution is 2.23. The highest BCUT2D eigenvalue weighted by atomic mass is 16.3. The van der Waals surface area contributed by atoms with Crippen LogP contribution in [0.3, 0.4) is 0 Å². The predicted octanol–water partition coefficient (Wildman–Crippen LogP) is 3.40. The zero-order chi connectivity index (χ0) is 11.5. The van der Waals surface area contributed by atoms with E-state index in [1.807, 2.05) is 24.3 Å². The van der Waals surface area contributed by atoms with E-state index in [-0.39, 0.29) is 0 Å². The van der Waals surface area contributed by atoms with Gasteiger partial charge in [-0.25, -0.2) is 4.98 Å². The van der Waals surface area contributed by atoms with Crippen LogP contribution in [0.5, 0.6) is 0 Å². The summed E-state index contributed by atoms with van der Waals surface area (Å²) in [5.41, 5.74) is 3.35. The zero-order valence-corrected chi connectivity index (χ0v) is 9.08. The Balaban J connectivity index is 1.96. The number of hydrogen-bond donors (Lipinski definition) is 0. The quantitative estimate of drug-likeness (QED) is 0.667. The highest BCUT2D eigenvalue weighted by Gasteiger charge is 2.02. The minimum Gasteiger partial charge on any atom is -0.444 e. The fourth-order valence-electron chi connectivity index (χ4n) is 1.73. The standard InChI is InChI=1S/C14H10N2O/c1-3-13(14-9-16-10-17-14)4-2-11(1)12-5-7-15-8-6-12/h1-10H. The normalized spacial score (nSPS) is 10.4. The van der Waals surface area contributed by atoms with E-state index in [2.05, 4.69) is 22.1 Å². The van der Waals surface area contributed by atoms with Crippen molar-refractivity contribution in [1.29, 1.82) is 0 Å². The second-order valence-corrected chi connectivity index (χ2v) is 3.68. The van der Waals surface area contributed by atoms with E-state index in [1.54, 1.807) is 18.6 Å². The summed E-state index contributed by atoms with van der Waals surface area (Å²) >= 11 is 0. The number of hydrogen-bond acceptors (Lipinski definition) is 3.